The van der Waals surface area contributed by atoms with E-state index in [2.05, 4.69) is 10.3 Å². The van der Waals surface area contributed by atoms with Gasteiger partial charge in [0.2, 0.25) is 0 Å². The zero-order valence-corrected chi connectivity index (χ0v) is 12.4. The highest BCUT2D eigenvalue weighted by Crippen LogP contribution is 2.34. The van der Waals surface area contributed by atoms with Crippen LogP contribution < -0.4 is 10.1 Å². The number of methoxy groups -OCH3 is 1. The number of carbonyl (C=O) groups is 1. The van der Waals surface area contributed by atoms with Crippen molar-refractivity contribution in [3.8, 4) is 5.75 Å². The monoisotopic (exact) mass is 300 g/mol. The highest BCUT2D eigenvalue weighted by atomic mass is 35.5. The number of rotatable bonds is 2. The molecule has 0 saturated carbocycles. The first-order valence-corrected chi connectivity index (χ1v) is 6.82. The molecule has 0 spiro atoms. The fourth-order valence-corrected chi connectivity index (χ4v) is 2.45. The normalized spacial score (nSPS) is 15.0. The van der Waals surface area contributed by atoms with E-state index in [0.29, 0.717) is 22.2 Å². The molecule has 0 atom stereocenters. The molecule has 1 aliphatic heterocycles. The minimum Gasteiger partial charge on any atom is -0.494 e. The minimum absolute atomic E-state index is 0.235. The second kappa shape index (κ2) is 5.22. The van der Waals surface area contributed by atoms with Gasteiger partial charge in [0.25, 0.3) is 5.91 Å². The van der Waals surface area contributed by atoms with E-state index < -0.39 is 0 Å². The summed E-state index contributed by atoms with van der Waals surface area (Å²) in [6.45, 7) is 1.87. The fraction of sp³-hybridized carbons (Fsp3) is 0.125. The van der Waals surface area contributed by atoms with E-state index in [-0.39, 0.29) is 5.91 Å². The van der Waals surface area contributed by atoms with Crippen LogP contribution in [0.4, 0.5) is 11.4 Å². The number of ether oxygens (including phenoxy) is 1. The zero-order valence-electron chi connectivity index (χ0n) is 11.6. The number of fused-ring (bicyclic) bond motifs is 1. The summed E-state index contributed by atoms with van der Waals surface area (Å²) in [7, 11) is 1.58. The summed E-state index contributed by atoms with van der Waals surface area (Å²) in [4.78, 5) is 16.6. The predicted molar refractivity (Wildman–Crippen MR) is 84.0 cm³/mol. The molecule has 0 aliphatic carbocycles. The summed E-state index contributed by atoms with van der Waals surface area (Å²) in [6, 6.07) is 10.9. The van der Waals surface area contributed by atoms with Gasteiger partial charge >= 0.3 is 0 Å². The molecule has 1 aliphatic rings. The lowest BCUT2D eigenvalue weighted by atomic mass is 10.1. The van der Waals surface area contributed by atoms with E-state index in [1.807, 2.05) is 19.1 Å². The van der Waals surface area contributed by atoms with Crippen LogP contribution in [-0.2, 0) is 4.79 Å². The molecule has 5 heteroatoms. The first-order valence-electron chi connectivity index (χ1n) is 6.44. The molecule has 1 N–H and O–H groups in total. The Morgan fingerprint density at radius 3 is 2.71 bits per heavy atom. The summed E-state index contributed by atoms with van der Waals surface area (Å²) >= 11 is 6.08. The van der Waals surface area contributed by atoms with Gasteiger partial charge in [0.1, 0.15) is 17.1 Å². The standard InChI is InChI=1S/C16H13ClN2O2/c1-9-11(17)8-7-10-14(9)19-16(20)15(10)18-12-5-3-4-6-13(12)21-2/h3-8H,1-2H3,(H,18,19,20). The Kier molecular flexibility index (Phi) is 3.39. The molecule has 1 amide bonds. The van der Waals surface area contributed by atoms with Gasteiger partial charge in [-0.25, -0.2) is 4.99 Å². The van der Waals surface area contributed by atoms with Crippen molar-refractivity contribution >= 4 is 34.6 Å². The Bertz CT molecular complexity index is 769. The number of anilines is 1. The maximum Gasteiger partial charge on any atom is 0.275 e. The van der Waals surface area contributed by atoms with Crippen LogP contribution in [0.2, 0.25) is 5.02 Å². The number of benzene rings is 2. The molecule has 0 fully saturated rings. The van der Waals surface area contributed by atoms with Crippen molar-refractivity contribution in [2.75, 3.05) is 12.4 Å². The number of carbonyl (C=O) groups excluding carboxylic acids is 1. The quantitative estimate of drug-likeness (QED) is 0.918. The third-order valence-electron chi connectivity index (χ3n) is 3.43. The van der Waals surface area contributed by atoms with Gasteiger partial charge in [-0.1, -0.05) is 23.7 Å². The van der Waals surface area contributed by atoms with Crippen LogP contribution in [-0.4, -0.2) is 18.7 Å². The maximum absolute atomic E-state index is 12.2. The molecule has 106 valence electrons. The Morgan fingerprint density at radius 1 is 1.19 bits per heavy atom. The van der Waals surface area contributed by atoms with Crippen LogP contribution in [0, 0.1) is 6.92 Å². The number of hydrogen-bond donors (Lipinski definition) is 1. The number of amides is 1. The van der Waals surface area contributed by atoms with Crippen LogP contribution >= 0.6 is 11.6 Å². The largest absolute Gasteiger partial charge is 0.494 e. The Hall–Kier alpha value is -2.33. The molecule has 0 saturated heterocycles. The SMILES string of the molecule is COc1ccccc1N=C1C(=O)Nc2c1ccc(Cl)c2C. The topological polar surface area (TPSA) is 50.7 Å². The van der Waals surface area contributed by atoms with Crippen molar-refractivity contribution in [3.05, 3.63) is 52.5 Å². The molecular formula is C16H13ClN2O2. The van der Waals surface area contributed by atoms with Crippen LogP contribution in [0.1, 0.15) is 11.1 Å². The summed E-state index contributed by atoms with van der Waals surface area (Å²) in [5.74, 6) is 0.387. The van der Waals surface area contributed by atoms with Crippen molar-refractivity contribution in [3.63, 3.8) is 0 Å². The van der Waals surface area contributed by atoms with E-state index in [1.54, 1.807) is 31.4 Å². The fourth-order valence-electron chi connectivity index (χ4n) is 2.29. The molecule has 21 heavy (non-hydrogen) atoms. The van der Waals surface area contributed by atoms with Gasteiger partial charge in [0, 0.05) is 10.6 Å². The molecular weight excluding hydrogens is 288 g/mol. The molecule has 0 aromatic heterocycles. The molecule has 1 heterocycles. The Morgan fingerprint density at radius 2 is 1.95 bits per heavy atom. The number of nitrogens with one attached hydrogen (secondary N) is 1. The smallest absolute Gasteiger partial charge is 0.275 e. The lowest BCUT2D eigenvalue weighted by Crippen LogP contribution is -2.14. The molecule has 2 aromatic rings. The third-order valence-corrected chi connectivity index (χ3v) is 3.83. The van der Waals surface area contributed by atoms with E-state index in [4.69, 9.17) is 16.3 Å². The first kappa shape index (κ1) is 13.6. The summed E-state index contributed by atoms with van der Waals surface area (Å²) in [5, 5.41) is 3.44. The van der Waals surface area contributed by atoms with E-state index in [0.717, 1.165) is 16.8 Å². The van der Waals surface area contributed by atoms with Gasteiger partial charge < -0.3 is 10.1 Å². The van der Waals surface area contributed by atoms with Gasteiger partial charge in [-0.3, -0.25) is 4.79 Å². The van der Waals surface area contributed by atoms with E-state index in [1.165, 1.54) is 0 Å². The number of nitrogens with zero attached hydrogens (tertiary/aromatic N) is 1. The second-order valence-electron chi connectivity index (χ2n) is 4.68. The van der Waals surface area contributed by atoms with Gasteiger partial charge in [0.05, 0.1) is 12.8 Å². The van der Waals surface area contributed by atoms with Crippen LogP contribution in [0.15, 0.2) is 41.4 Å². The number of aliphatic imine (C=N–C) groups is 1. The van der Waals surface area contributed by atoms with Crippen LogP contribution in [0.3, 0.4) is 0 Å². The molecule has 0 unspecified atom stereocenters. The predicted octanol–water partition coefficient (Wildman–Crippen LogP) is 3.73. The van der Waals surface area contributed by atoms with Crippen LogP contribution in [0.5, 0.6) is 5.75 Å². The average molecular weight is 301 g/mol. The molecule has 0 radical (unpaired) electrons. The molecule has 0 bridgehead atoms. The zero-order chi connectivity index (χ0) is 15.0. The summed E-state index contributed by atoms with van der Waals surface area (Å²) in [6.07, 6.45) is 0. The van der Waals surface area contributed by atoms with E-state index >= 15 is 0 Å². The van der Waals surface area contributed by atoms with Crippen molar-refractivity contribution in [1.29, 1.82) is 0 Å². The lowest BCUT2D eigenvalue weighted by Gasteiger charge is -2.05. The number of hydrogen-bond acceptors (Lipinski definition) is 3. The lowest BCUT2D eigenvalue weighted by molar-refractivity contribution is -0.110. The van der Waals surface area contributed by atoms with Gasteiger partial charge in [0.15, 0.2) is 0 Å². The van der Waals surface area contributed by atoms with Gasteiger partial charge in [-0.15, -0.1) is 0 Å². The number of halogens is 1. The highest BCUT2D eigenvalue weighted by Gasteiger charge is 2.28. The van der Waals surface area contributed by atoms with Crippen molar-refractivity contribution in [2.45, 2.75) is 6.92 Å². The number of para-hydroxylation sites is 2. The van der Waals surface area contributed by atoms with E-state index in [9.17, 15) is 4.79 Å². The second-order valence-corrected chi connectivity index (χ2v) is 5.09. The minimum atomic E-state index is -0.235. The van der Waals surface area contributed by atoms with Crippen molar-refractivity contribution in [1.82, 2.24) is 0 Å². The van der Waals surface area contributed by atoms with Crippen molar-refractivity contribution < 1.29 is 9.53 Å². The average Bonchev–Trinajstić information content (AvgIpc) is 2.81. The summed E-state index contributed by atoms with van der Waals surface area (Å²) in [5.41, 5.74) is 3.31. The van der Waals surface area contributed by atoms with Gasteiger partial charge in [-0.05, 0) is 36.8 Å². The van der Waals surface area contributed by atoms with Crippen LogP contribution in [0.25, 0.3) is 0 Å². The van der Waals surface area contributed by atoms with Gasteiger partial charge in [-0.2, -0.15) is 0 Å². The maximum atomic E-state index is 12.2. The molecule has 4 nitrogen and oxygen atoms in total. The Labute approximate surface area is 127 Å². The van der Waals surface area contributed by atoms with Crippen molar-refractivity contribution in [2.24, 2.45) is 4.99 Å². The Balaban J connectivity index is 2.15. The first-order chi connectivity index (χ1) is 10.1. The summed E-state index contributed by atoms with van der Waals surface area (Å²) < 4.78 is 5.26. The third kappa shape index (κ3) is 2.28. The highest BCUT2D eigenvalue weighted by molar-refractivity contribution is 6.54. The molecule has 2 aromatic carbocycles. The molecule has 3 rings (SSSR count).